The second-order valence-electron chi connectivity index (χ2n) is 4.93. The van der Waals surface area contributed by atoms with E-state index < -0.39 is 6.04 Å². The number of phenolic OH excluding ortho intramolecular Hbond substituents is 1. The third-order valence-electron chi connectivity index (χ3n) is 3.67. The molecule has 0 radical (unpaired) electrons. The molecule has 0 saturated heterocycles. The Hall–Kier alpha value is -2.50. The van der Waals surface area contributed by atoms with E-state index >= 15 is 0 Å². The summed E-state index contributed by atoms with van der Waals surface area (Å²) < 4.78 is 5.07. The molecule has 6 nitrogen and oxygen atoms in total. The zero-order valence-corrected chi connectivity index (χ0v) is 12.4. The van der Waals surface area contributed by atoms with Crippen LogP contribution in [0.15, 0.2) is 29.5 Å². The Morgan fingerprint density at radius 1 is 1.43 bits per heavy atom. The van der Waals surface area contributed by atoms with Crippen molar-refractivity contribution >= 4 is 11.8 Å². The number of methoxy groups -OCH3 is 1. The highest BCUT2D eigenvalue weighted by atomic mass is 16.5. The Kier molecular flexibility index (Phi) is 3.88. The molecule has 112 valence electrons. The second kappa shape index (κ2) is 5.47. The summed E-state index contributed by atoms with van der Waals surface area (Å²) in [5.41, 5.74) is 1.81. The van der Waals surface area contributed by atoms with Crippen molar-refractivity contribution in [3.8, 4) is 11.5 Å². The maximum atomic E-state index is 12.0. The number of allylic oxidation sites excluding steroid dienone is 1. The standard InChI is InChI=1S/C15H18N2O4/c1-8-13(9(2)18)14(16-15(20)17(8)3)10-5-6-11(19)12(7-10)21-4/h5-7,14,19H,1-4H3,(H,16,20)/t14-/m0/s1. The maximum absolute atomic E-state index is 12.0. The molecule has 0 fully saturated rings. The van der Waals surface area contributed by atoms with Gasteiger partial charge < -0.3 is 20.1 Å². The number of nitrogens with zero attached hydrogens (tertiary/aromatic N) is 1. The first-order chi connectivity index (χ1) is 9.86. The van der Waals surface area contributed by atoms with Gasteiger partial charge in [-0.1, -0.05) is 6.07 Å². The van der Waals surface area contributed by atoms with E-state index in [9.17, 15) is 14.7 Å². The van der Waals surface area contributed by atoms with E-state index in [1.165, 1.54) is 25.0 Å². The molecule has 0 bridgehead atoms. The van der Waals surface area contributed by atoms with Crippen LogP contribution in [0.25, 0.3) is 0 Å². The lowest BCUT2D eigenvalue weighted by Crippen LogP contribution is -2.45. The van der Waals surface area contributed by atoms with Crippen molar-refractivity contribution in [3.05, 3.63) is 35.0 Å². The number of amides is 2. The molecule has 2 N–H and O–H groups in total. The van der Waals surface area contributed by atoms with Crippen LogP contribution in [0.2, 0.25) is 0 Å². The lowest BCUT2D eigenvalue weighted by Gasteiger charge is -2.33. The van der Waals surface area contributed by atoms with Gasteiger partial charge in [0, 0.05) is 18.3 Å². The second-order valence-corrected chi connectivity index (χ2v) is 4.93. The van der Waals surface area contributed by atoms with Gasteiger partial charge in [-0.25, -0.2) is 4.79 Å². The highest BCUT2D eigenvalue weighted by Gasteiger charge is 2.32. The van der Waals surface area contributed by atoms with Crippen LogP contribution in [0.1, 0.15) is 25.5 Å². The minimum absolute atomic E-state index is 0.00517. The number of nitrogens with one attached hydrogen (secondary N) is 1. The fraction of sp³-hybridized carbons (Fsp3) is 0.333. The SMILES string of the molecule is COc1cc([C@@H]2NC(=O)N(C)C(C)=C2C(C)=O)ccc1O. The van der Waals surface area contributed by atoms with E-state index in [0.29, 0.717) is 22.6 Å². The first-order valence-electron chi connectivity index (χ1n) is 6.49. The van der Waals surface area contributed by atoms with E-state index in [2.05, 4.69) is 5.32 Å². The number of ketones is 1. The number of aromatic hydroxyl groups is 1. The Morgan fingerprint density at radius 3 is 2.67 bits per heavy atom. The molecular weight excluding hydrogens is 272 g/mol. The lowest BCUT2D eigenvalue weighted by molar-refractivity contribution is -0.114. The summed E-state index contributed by atoms with van der Waals surface area (Å²) >= 11 is 0. The minimum Gasteiger partial charge on any atom is -0.504 e. The van der Waals surface area contributed by atoms with Crippen LogP contribution in [0, 0.1) is 0 Å². The molecule has 0 aromatic heterocycles. The molecule has 0 unspecified atom stereocenters. The number of benzene rings is 1. The van der Waals surface area contributed by atoms with Gasteiger partial charge in [-0.15, -0.1) is 0 Å². The van der Waals surface area contributed by atoms with Crippen LogP contribution in [-0.2, 0) is 4.79 Å². The van der Waals surface area contributed by atoms with Gasteiger partial charge in [-0.05, 0) is 31.5 Å². The number of ether oxygens (including phenoxy) is 1. The van der Waals surface area contributed by atoms with Crippen LogP contribution in [0.5, 0.6) is 11.5 Å². The highest BCUT2D eigenvalue weighted by Crippen LogP contribution is 2.34. The molecule has 0 saturated carbocycles. The number of urea groups is 1. The minimum atomic E-state index is -0.555. The predicted molar refractivity (Wildman–Crippen MR) is 77.1 cm³/mol. The van der Waals surface area contributed by atoms with Crippen molar-refractivity contribution in [3.63, 3.8) is 0 Å². The number of rotatable bonds is 3. The van der Waals surface area contributed by atoms with Crippen LogP contribution in [0.3, 0.4) is 0 Å². The van der Waals surface area contributed by atoms with E-state index in [1.807, 2.05) is 0 Å². The number of hydrogen-bond acceptors (Lipinski definition) is 4. The molecule has 1 aliphatic rings. The molecule has 0 spiro atoms. The normalized spacial score (nSPS) is 18.6. The van der Waals surface area contributed by atoms with Crippen molar-refractivity contribution in [2.75, 3.05) is 14.2 Å². The Labute approximate surface area is 123 Å². The molecule has 1 aromatic rings. The number of carbonyl (C=O) groups is 2. The van der Waals surface area contributed by atoms with Crippen molar-refractivity contribution < 1.29 is 19.4 Å². The van der Waals surface area contributed by atoms with Gasteiger partial charge in [0.05, 0.1) is 13.2 Å². The van der Waals surface area contributed by atoms with Gasteiger partial charge in [0.1, 0.15) is 0 Å². The van der Waals surface area contributed by atoms with E-state index in [0.717, 1.165) is 0 Å². The largest absolute Gasteiger partial charge is 0.504 e. The Balaban J connectivity index is 2.55. The monoisotopic (exact) mass is 290 g/mol. The molecule has 1 aromatic carbocycles. The molecule has 0 aliphatic carbocycles. The zero-order chi connectivity index (χ0) is 15.7. The zero-order valence-electron chi connectivity index (χ0n) is 12.4. The van der Waals surface area contributed by atoms with E-state index in [1.54, 1.807) is 26.1 Å². The number of phenols is 1. The van der Waals surface area contributed by atoms with Gasteiger partial charge in [0.2, 0.25) is 0 Å². The first-order valence-corrected chi connectivity index (χ1v) is 6.49. The maximum Gasteiger partial charge on any atom is 0.322 e. The van der Waals surface area contributed by atoms with Gasteiger partial charge in [-0.2, -0.15) is 0 Å². The van der Waals surface area contributed by atoms with Gasteiger partial charge in [0.15, 0.2) is 17.3 Å². The summed E-state index contributed by atoms with van der Waals surface area (Å²) in [4.78, 5) is 25.3. The van der Waals surface area contributed by atoms with Crippen LogP contribution in [0.4, 0.5) is 4.79 Å². The fourth-order valence-electron chi connectivity index (χ4n) is 2.42. The molecule has 2 rings (SSSR count). The van der Waals surface area contributed by atoms with Gasteiger partial charge in [0.25, 0.3) is 0 Å². The molecule has 1 atom stereocenters. The van der Waals surface area contributed by atoms with Crippen LogP contribution in [-0.4, -0.2) is 36.0 Å². The molecule has 1 aliphatic heterocycles. The van der Waals surface area contributed by atoms with E-state index in [-0.39, 0.29) is 17.6 Å². The molecular formula is C15H18N2O4. The van der Waals surface area contributed by atoms with Crippen molar-refractivity contribution in [2.45, 2.75) is 19.9 Å². The Bertz CT molecular complexity index is 637. The quantitative estimate of drug-likeness (QED) is 0.892. The Morgan fingerprint density at radius 2 is 2.10 bits per heavy atom. The highest BCUT2D eigenvalue weighted by molar-refractivity contribution is 5.98. The lowest BCUT2D eigenvalue weighted by atomic mass is 9.92. The molecule has 21 heavy (non-hydrogen) atoms. The van der Waals surface area contributed by atoms with Crippen molar-refractivity contribution in [1.82, 2.24) is 10.2 Å². The number of carbonyl (C=O) groups excluding carboxylic acids is 2. The fourth-order valence-corrected chi connectivity index (χ4v) is 2.42. The summed E-state index contributed by atoms with van der Waals surface area (Å²) in [6.45, 7) is 3.20. The van der Waals surface area contributed by atoms with Crippen LogP contribution < -0.4 is 10.1 Å². The predicted octanol–water partition coefficient (Wildman–Crippen LogP) is 1.96. The summed E-state index contributed by atoms with van der Waals surface area (Å²) in [7, 11) is 3.06. The van der Waals surface area contributed by atoms with Gasteiger partial charge in [-0.3, -0.25) is 4.79 Å². The molecule has 6 heteroatoms. The average Bonchev–Trinajstić information content (AvgIpc) is 2.44. The topological polar surface area (TPSA) is 78.9 Å². The summed E-state index contributed by atoms with van der Waals surface area (Å²) in [6.07, 6.45) is 0. The van der Waals surface area contributed by atoms with E-state index in [4.69, 9.17) is 4.74 Å². The number of Topliss-reactive ketones (excluding diaryl/α,β-unsaturated/α-hetero) is 1. The van der Waals surface area contributed by atoms with Gasteiger partial charge >= 0.3 is 6.03 Å². The third kappa shape index (κ3) is 2.56. The summed E-state index contributed by atoms with van der Waals surface area (Å²) in [5.74, 6) is 0.184. The summed E-state index contributed by atoms with van der Waals surface area (Å²) in [6, 6.07) is 3.91. The average molecular weight is 290 g/mol. The first kappa shape index (κ1) is 14.9. The summed E-state index contributed by atoms with van der Waals surface area (Å²) in [5, 5.41) is 12.4. The van der Waals surface area contributed by atoms with Crippen LogP contribution >= 0.6 is 0 Å². The molecule has 2 amide bonds. The smallest absolute Gasteiger partial charge is 0.322 e. The molecule has 1 heterocycles. The number of hydrogen-bond donors (Lipinski definition) is 2. The van der Waals surface area contributed by atoms with Crippen molar-refractivity contribution in [2.24, 2.45) is 0 Å². The van der Waals surface area contributed by atoms with Crippen molar-refractivity contribution in [1.29, 1.82) is 0 Å². The third-order valence-corrected chi connectivity index (χ3v) is 3.67.